The molecule has 0 spiro atoms. The minimum Gasteiger partial charge on any atom is -0.476 e. The third-order valence-corrected chi connectivity index (χ3v) is 8.16. The second-order valence-electron chi connectivity index (χ2n) is 7.77. The van der Waals surface area contributed by atoms with Crippen molar-refractivity contribution in [2.75, 3.05) is 19.7 Å². The van der Waals surface area contributed by atoms with E-state index in [1.807, 2.05) is 26.0 Å². The van der Waals surface area contributed by atoms with E-state index in [2.05, 4.69) is 21.0 Å². The lowest BCUT2D eigenvalue weighted by atomic mass is 10.1. The molecule has 1 saturated carbocycles. The van der Waals surface area contributed by atoms with E-state index in [1.54, 1.807) is 4.31 Å². The van der Waals surface area contributed by atoms with Gasteiger partial charge in [0.15, 0.2) is 0 Å². The molecule has 0 amide bonds. The molecule has 3 aliphatic rings. The SMILES string of the molecule is CC1NNC(C)C1S(=O)(=O)N1CCC(COc2ccc(C3CC3)nn2)C1. The second-order valence-corrected chi connectivity index (χ2v) is 9.86. The van der Waals surface area contributed by atoms with Crippen molar-refractivity contribution in [1.29, 1.82) is 0 Å². The molecular weight excluding hydrogens is 354 g/mol. The van der Waals surface area contributed by atoms with Crippen LogP contribution in [0.2, 0.25) is 0 Å². The number of aromatic nitrogens is 2. The van der Waals surface area contributed by atoms with Gasteiger partial charge in [-0.15, -0.1) is 5.10 Å². The molecule has 3 unspecified atom stereocenters. The van der Waals surface area contributed by atoms with E-state index in [9.17, 15) is 8.42 Å². The summed E-state index contributed by atoms with van der Waals surface area (Å²) < 4.78 is 33.3. The maximum atomic E-state index is 13.0. The van der Waals surface area contributed by atoms with Crippen molar-refractivity contribution in [3.8, 4) is 5.88 Å². The Hall–Kier alpha value is -1.29. The van der Waals surface area contributed by atoms with Gasteiger partial charge < -0.3 is 4.74 Å². The van der Waals surface area contributed by atoms with E-state index >= 15 is 0 Å². The van der Waals surface area contributed by atoms with Crippen LogP contribution in [0, 0.1) is 5.92 Å². The van der Waals surface area contributed by atoms with Gasteiger partial charge in [0.2, 0.25) is 15.9 Å². The van der Waals surface area contributed by atoms with Crippen LogP contribution in [0.1, 0.15) is 44.7 Å². The second kappa shape index (κ2) is 7.03. The van der Waals surface area contributed by atoms with Crippen molar-refractivity contribution in [2.24, 2.45) is 5.92 Å². The maximum absolute atomic E-state index is 13.0. The first kappa shape index (κ1) is 18.1. The van der Waals surface area contributed by atoms with Crippen molar-refractivity contribution in [2.45, 2.75) is 56.4 Å². The zero-order valence-electron chi connectivity index (χ0n) is 15.3. The van der Waals surface area contributed by atoms with Gasteiger partial charge in [0.1, 0.15) is 5.25 Å². The van der Waals surface area contributed by atoms with E-state index in [1.165, 1.54) is 12.8 Å². The molecule has 2 aliphatic heterocycles. The molecule has 1 aromatic rings. The highest BCUT2D eigenvalue weighted by atomic mass is 32.2. The topological polar surface area (TPSA) is 96.5 Å². The third-order valence-electron chi connectivity index (χ3n) is 5.60. The highest BCUT2D eigenvalue weighted by Gasteiger charge is 2.45. The van der Waals surface area contributed by atoms with Gasteiger partial charge in [-0.3, -0.25) is 10.9 Å². The van der Waals surface area contributed by atoms with Crippen LogP contribution in [0.15, 0.2) is 12.1 Å². The van der Waals surface area contributed by atoms with Crippen LogP contribution in [-0.4, -0.2) is 60.0 Å². The number of hydrogen-bond acceptors (Lipinski definition) is 7. The molecule has 2 N–H and O–H groups in total. The van der Waals surface area contributed by atoms with Crippen LogP contribution >= 0.6 is 0 Å². The summed E-state index contributed by atoms with van der Waals surface area (Å²) >= 11 is 0. The Bertz CT molecular complexity index is 727. The van der Waals surface area contributed by atoms with E-state index in [4.69, 9.17) is 4.74 Å². The maximum Gasteiger partial charge on any atom is 0.233 e. The first-order chi connectivity index (χ1) is 12.4. The standard InChI is InChI=1S/C17H27N5O3S/c1-11-17(12(2)19-18-11)26(23,24)22-8-7-13(9-22)10-25-16-6-5-15(20-21-16)14-3-4-14/h5-6,11-14,17-19H,3-4,7-10H2,1-2H3. The summed E-state index contributed by atoms with van der Waals surface area (Å²) in [6.07, 6.45) is 3.21. The quantitative estimate of drug-likeness (QED) is 0.746. The normalized spacial score (nSPS) is 32.8. The molecule has 4 rings (SSSR count). The summed E-state index contributed by atoms with van der Waals surface area (Å²) in [5.41, 5.74) is 7.10. The smallest absolute Gasteiger partial charge is 0.233 e. The van der Waals surface area contributed by atoms with Crippen LogP contribution in [0.5, 0.6) is 5.88 Å². The van der Waals surface area contributed by atoms with Crippen LogP contribution in [-0.2, 0) is 10.0 Å². The lowest BCUT2D eigenvalue weighted by molar-refractivity contribution is 0.243. The predicted octanol–water partition coefficient (Wildman–Crippen LogP) is 0.638. The summed E-state index contributed by atoms with van der Waals surface area (Å²) in [5, 5.41) is 7.90. The van der Waals surface area contributed by atoms with Crippen LogP contribution in [0.25, 0.3) is 0 Å². The summed E-state index contributed by atoms with van der Waals surface area (Å²) in [5.74, 6) is 1.28. The van der Waals surface area contributed by atoms with E-state index in [0.29, 0.717) is 31.5 Å². The number of sulfonamides is 1. The van der Waals surface area contributed by atoms with Gasteiger partial charge in [0.05, 0.1) is 12.3 Å². The summed E-state index contributed by atoms with van der Waals surface area (Å²) in [4.78, 5) is 0. The first-order valence-electron chi connectivity index (χ1n) is 9.41. The minimum atomic E-state index is -3.34. The summed E-state index contributed by atoms with van der Waals surface area (Å²) in [6.45, 7) is 5.33. The predicted molar refractivity (Wildman–Crippen MR) is 97.1 cm³/mol. The fraction of sp³-hybridized carbons (Fsp3) is 0.765. The Morgan fingerprint density at radius 1 is 1.15 bits per heavy atom. The molecule has 0 bridgehead atoms. The Morgan fingerprint density at radius 3 is 2.50 bits per heavy atom. The Morgan fingerprint density at radius 2 is 1.88 bits per heavy atom. The lowest BCUT2D eigenvalue weighted by Gasteiger charge is -2.25. The Balaban J connectivity index is 1.32. The van der Waals surface area contributed by atoms with Gasteiger partial charge in [-0.05, 0) is 39.2 Å². The summed E-state index contributed by atoms with van der Waals surface area (Å²) in [7, 11) is -3.34. The average molecular weight is 382 g/mol. The number of hydrogen-bond donors (Lipinski definition) is 2. The van der Waals surface area contributed by atoms with Crippen LogP contribution in [0.3, 0.4) is 0 Å². The number of nitrogens with zero attached hydrogens (tertiary/aromatic N) is 3. The van der Waals surface area contributed by atoms with Crippen LogP contribution < -0.4 is 15.6 Å². The molecule has 3 atom stereocenters. The fourth-order valence-corrected chi connectivity index (χ4v) is 6.21. The third kappa shape index (κ3) is 3.58. The molecule has 9 heteroatoms. The van der Waals surface area contributed by atoms with Gasteiger partial charge in [0.25, 0.3) is 0 Å². The molecule has 0 radical (unpaired) electrons. The molecule has 0 aromatic carbocycles. The van der Waals surface area contributed by atoms with E-state index in [-0.39, 0.29) is 18.0 Å². The number of hydrazine groups is 1. The first-order valence-corrected chi connectivity index (χ1v) is 10.9. The monoisotopic (exact) mass is 381 g/mol. The zero-order valence-corrected chi connectivity index (χ0v) is 16.1. The molecule has 8 nitrogen and oxygen atoms in total. The van der Waals surface area contributed by atoms with Crippen molar-refractivity contribution in [1.82, 2.24) is 25.4 Å². The molecular formula is C17H27N5O3S. The number of ether oxygens (including phenoxy) is 1. The number of nitrogens with one attached hydrogen (secondary N) is 2. The van der Waals surface area contributed by atoms with Gasteiger partial charge in [-0.2, -0.15) is 5.10 Å². The molecule has 2 saturated heterocycles. The molecule has 1 aliphatic carbocycles. The van der Waals surface area contributed by atoms with E-state index < -0.39 is 15.3 Å². The molecule has 3 fully saturated rings. The molecule has 3 heterocycles. The van der Waals surface area contributed by atoms with Crippen molar-refractivity contribution >= 4 is 10.0 Å². The van der Waals surface area contributed by atoms with Crippen molar-refractivity contribution in [3.63, 3.8) is 0 Å². The van der Waals surface area contributed by atoms with Crippen molar-refractivity contribution in [3.05, 3.63) is 17.8 Å². The van der Waals surface area contributed by atoms with E-state index in [0.717, 1.165) is 12.1 Å². The fourth-order valence-electron chi connectivity index (χ4n) is 3.92. The largest absolute Gasteiger partial charge is 0.476 e. The highest BCUT2D eigenvalue weighted by molar-refractivity contribution is 7.89. The van der Waals surface area contributed by atoms with Gasteiger partial charge in [-0.1, -0.05) is 0 Å². The average Bonchev–Trinajstić information content (AvgIpc) is 3.25. The Kier molecular flexibility index (Phi) is 4.89. The minimum absolute atomic E-state index is 0.106. The summed E-state index contributed by atoms with van der Waals surface area (Å²) in [6, 6.07) is 3.63. The van der Waals surface area contributed by atoms with Gasteiger partial charge >= 0.3 is 0 Å². The van der Waals surface area contributed by atoms with Crippen molar-refractivity contribution < 1.29 is 13.2 Å². The van der Waals surface area contributed by atoms with Gasteiger partial charge in [-0.25, -0.2) is 12.7 Å². The highest BCUT2D eigenvalue weighted by Crippen LogP contribution is 2.38. The lowest BCUT2D eigenvalue weighted by Crippen LogP contribution is -2.46. The Labute approximate surface area is 154 Å². The number of rotatable bonds is 6. The van der Waals surface area contributed by atoms with Crippen LogP contribution in [0.4, 0.5) is 0 Å². The molecule has 1 aromatic heterocycles. The van der Waals surface area contributed by atoms with Gasteiger partial charge in [0, 0.05) is 43.1 Å². The molecule has 26 heavy (non-hydrogen) atoms. The zero-order chi connectivity index (χ0) is 18.3. The molecule has 144 valence electrons.